The number of carbonyl (C=O) groups is 3. The Labute approximate surface area is 152 Å². The van der Waals surface area contributed by atoms with E-state index in [1.54, 1.807) is 12.1 Å². The number of nitrogens with zero attached hydrogens (tertiary/aromatic N) is 2. The van der Waals surface area contributed by atoms with Gasteiger partial charge in [-0.05, 0) is 49.1 Å². The summed E-state index contributed by atoms with van der Waals surface area (Å²) in [6, 6.07) is 5.37. The van der Waals surface area contributed by atoms with Gasteiger partial charge in [-0.2, -0.15) is 5.01 Å². The molecule has 4 rings (SSSR count). The quantitative estimate of drug-likeness (QED) is 0.829. The molecule has 1 aromatic carbocycles. The lowest BCUT2D eigenvalue weighted by molar-refractivity contribution is -0.163. The molecule has 3 aliphatic heterocycles. The van der Waals surface area contributed by atoms with Crippen LogP contribution in [0.3, 0.4) is 0 Å². The highest BCUT2D eigenvalue weighted by molar-refractivity contribution is 6.04. The number of hydrazine groups is 1. The van der Waals surface area contributed by atoms with Gasteiger partial charge in [0.15, 0.2) is 0 Å². The van der Waals surface area contributed by atoms with E-state index in [0.717, 1.165) is 35.8 Å². The van der Waals surface area contributed by atoms with Gasteiger partial charge in [0.05, 0.1) is 6.54 Å². The number of benzene rings is 1. The number of piperidine rings is 2. The minimum Gasteiger partial charge on any atom is -0.489 e. The number of nitrogens with one attached hydrogen (secondary N) is 1. The molecule has 1 N–H and O–H groups in total. The molecule has 0 aliphatic carbocycles. The predicted molar refractivity (Wildman–Crippen MR) is 93.1 cm³/mol. The number of hydrogen-bond donors (Lipinski definition) is 1. The van der Waals surface area contributed by atoms with Gasteiger partial charge in [0.25, 0.3) is 5.91 Å². The van der Waals surface area contributed by atoms with Crippen LogP contribution in [-0.2, 0) is 16.1 Å². The first kappa shape index (κ1) is 17.0. The molecular weight excluding hydrogens is 334 g/mol. The zero-order valence-corrected chi connectivity index (χ0v) is 14.9. The molecule has 7 nitrogen and oxygen atoms in total. The maximum absolute atomic E-state index is 12.7. The van der Waals surface area contributed by atoms with Gasteiger partial charge in [-0.3, -0.25) is 14.4 Å². The van der Waals surface area contributed by atoms with Crippen molar-refractivity contribution in [2.45, 2.75) is 45.3 Å². The molecule has 138 valence electrons. The van der Waals surface area contributed by atoms with E-state index >= 15 is 0 Å². The molecule has 3 amide bonds. The summed E-state index contributed by atoms with van der Waals surface area (Å²) in [5.74, 6) is 0.373. The number of imide groups is 1. The second kappa shape index (κ2) is 6.72. The molecule has 1 aromatic rings. The number of hydrogen-bond acceptors (Lipinski definition) is 5. The molecular formula is C19H23N3O4. The molecule has 3 aliphatic rings. The van der Waals surface area contributed by atoms with Crippen LogP contribution in [0, 0.1) is 5.92 Å². The van der Waals surface area contributed by atoms with Gasteiger partial charge in [-0.15, -0.1) is 0 Å². The van der Waals surface area contributed by atoms with Gasteiger partial charge in [0, 0.05) is 24.9 Å². The summed E-state index contributed by atoms with van der Waals surface area (Å²) in [6.07, 6.45) is 2.25. The SMILES string of the molecule is C[C@H]1CNC[C@H](Oc2ccc3c(c2)CN(N2C(=O)CCCC2=O)C3=O)C1. The number of fused-ring (bicyclic) bond motifs is 1. The molecule has 7 heteroatoms. The highest BCUT2D eigenvalue weighted by Gasteiger charge is 2.39. The highest BCUT2D eigenvalue weighted by Crippen LogP contribution is 2.30. The van der Waals surface area contributed by atoms with Gasteiger partial charge < -0.3 is 10.1 Å². The molecule has 0 bridgehead atoms. The van der Waals surface area contributed by atoms with E-state index in [1.165, 1.54) is 5.01 Å². The van der Waals surface area contributed by atoms with Crippen LogP contribution < -0.4 is 10.1 Å². The Morgan fingerprint density at radius 1 is 1.12 bits per heavy atom. The van der Waals surface area contributed by atoms with Crippen molar-refractivity contribution in [1.82, 2.24) is 15.3 Å². The topological polar surface area (TPSA) is 79.0 Å². The Hall–Kier alpha value is -2.41. The largest absolute Gasteiger partial charge is 0.489 e. The third-order valence-electron chi connectivity index (χ3n) is 5.19. The molecule has 3 heterocycles. The molecule has 0 saturated carbocycles. The van der Waals surface area contributed by atoms with Crippen LogP contribution in [0.5, 0.6) is 5.75 Å². The van der Waals surface area contributed by atoms with Crippen molar-refractivity contribution < 1.29 is 19.1 Å². The van der Waals surface area contributed by atoms with Crippen LogP contribution in [0.25, 0.3) is 0 Å². The van der Waals surface area contributed by atoms with Gasteiger partial charge in [0.1, 0.15) is 11.9 Å². The monoisotopic (exact) mass is 357 g/mol. The van der Waals surface area contributed by atoms with Crippen molar-refractivity contribution >= 4 is 17.7 Å². The summed E-state index contributed by atoms with van der Waals surface area (Å²) in [6.45, 7) is 4.23. The summed E-state index contributed by atoms with van der Waals surface area (Å²) in [7, 11) is 0. The fraction of sp³-hybridized carbons (Fsp3) is 0.526. The summed E-state index contributed by atoms with van der Waals surface area (Å²) < 4.78 is 6.07. The van der Waals surface area contributed by atoms with Crippen LogP contribution >= 0.6 is 0 Å². The maximum Gasteiger partial charge on any atom is 0.273 e. The second-order valence-corrected chi connectivity index (χ2v) is 7.37. The summed E-state index contributed by atoms with van der Waals surface area (Å²) in [5, 5.41) is 5.65. The van der Waals surface area contributed by atoms with Gasteiger partial charge >= 0.3 is 0 Å². The Balaban J connectivity index is 1.51. The second-order valence-electron chi connectivity index (χ2n) is 7.37. The fourth-order valence-electron chi connectivity index (χ4n) is 3.92. The van der Waals surface area contributed by atoms with Gasteiger partial charge in [-0.1, -0.05) is 6.92 Å². The molecule has 2 saturated heterocycles. The van der Waals surface area contributed by atoms with Crippen LogP contribution in [0.4, 0.5) is 0 Å². The van der Waals surface area contributed by atoms with E-state index in [0.29, 0.717) is 30.7 Å². The number of carbonyl (C=O) groups excluding carboxylic acids is 3. The van der Waals surface area contributed by atoms with Crippen molar-refractivity contribution in [3.05, 3.63) is 29.3 Å². The Kier molecular flexibility index (Phi) is 4.40. The van der Waals surface area contributed by atoms with Crippen LogP contribution in [0.2, 0.25) is 0 Å². The fourth-order valence-corrected chi connectivity index (χ4v) is 3.92. The molecule has 2 atom stereocenters. The van der Waals surface area contributed by atoms with Crippen molar-refractivity contribution in [1.29, 1.82) is 0 Å². The predicted octanol–water partition coefficient (Wildman–Crippen LogP) is 1.47. The lowest BCUT2D eigenvalue weighted by Gasteiger charge is -2.32. The standard InChI is InChI=1S/C19H23N3O4/c1-12-7-15(10-20-9-12)26-14-5-6-16-13(8-14)11-21(19(16)25)22-17(23)3-2-4-18(22)24/h5-6,8,12,15,20H,2-4,7,9-11H2,1H3/t12-,15-/m1/s1. The third kappa shape index (κ3) is 3.07. The number of rotatable bonds is 3. The van der Waals surface area contributed by atoms with E-state index in [4.69, 9.17) is 4.74 Å². The number of amides is 3. The van der Waals surface area contributed by atoms with E-state index in [-0.39, 0.29) is 30.4 Å². The van der Waals surface area contributed by atoms with E-state index in [9.17, 15) is 14.4 Å². The first-order chi connectivity index (χ1) is 12.5. The average Bonchev–Trinajstić information content (AvgIpc) is 2.91. The van der Waals surface area contributed by atoms with Crippen molar-refractivity contribution in [3.8, 4) is 5.75 Å². The van der Waals surface area contributed by atoms with E-state index in [2.05, 4.69) is 12.2 Å². The molecule has 0 spiro atoms. The van der Waals surface area contributed by atoms with E-state index in [1.807, 2.05) is 6.07 Å². The van der Waals surface area contributed by atoms with Crippen LogP contribution in [0.15, 0.2) is 18.2 Å². The minimum absolute atomic E-state index is 0.107. The first-order valence-corrected chi connectivity index (χ1v) is 9.21. The summed E-state index contributed by atoms with van der Waals surface area (Å²) in [5.41, 5.74) is 1.31. The zero-order valence-electron chi connectivity index (χ0n) is 14.9. The molecule has 0 unspecified atom stereocenters. The number of ether oxygens (including phenoxy) is 1. The smallest absolute Gasteiger partial charge is 0.273 e. The highest BCUT2D eigenvalue weighted by atomic mass is 16.5. The third-order valence-corrected chi connectivity index (χ3v) is 5.19. The molecule has 0 radical (unpaired) electrons. The molecule has 0 aromatic heterocycles. The van der Waals surface area contributed by atoms with Crippen molar-refractivity contribution in [2.75, 3.05) is 13.1 Å². The molecule has 26 heavy (non-hydrogen) atoms. The Bertz CT molecular complexity index is 747. The van der Waals surface area contributed by atoms with Crippen molar-refractivity contribution in [2.24, 2.45) is 5.92 Å². The summed E-state index contributed by atoms with van der Waals surface area (Å²) in [4.78, 5) is 36.9. The van der Waals surface area contributed by atoms with E-state index < -0.39 is 0 Å². The van der Waals surface area contributed by atoms with Crippen molar-refractivity contribution in [3.63, 3.8) is 0 Å². The average molecular weight is 357 g/mol. The zero-order chi connectivity index (χ0) is 18.3. The van der Waals surface area contributed by atoms with Crippen LogP contribution in [0.1, 0.15) is 48.5 Å². The van der Waals surface area contributed by atoms with Gasteiger partial charge in [-0.25, -0.2) is 5.01 Å². The normalized spacial score (nSPS) is 26.3. The maximum atomic E-state index is 12.7. The van der Waals surface area contributed by atoms with Crippen LogP contribution in [-0.4, -0.2) is 46.9 Å². The Morgan fingerprint density at radius 3 is 2.62 bits per heavy atom. The lowest BCUT2D eigenvalue weighted by Crippen LogP contribution is -2.51. The van der Waals surface area contributed by atoms with Gasteiger partial charge in [0.2, 0.25) is 11.8 Å². The Morgan fingerprint density at radius 2 is 1.88 bits per heavy atom. The summed E-state index contributed by atoms with van der Waals surface area (Å²) >= 11 is 0. The lowest BCUT2D eigenvalue weighted by atomic mass is 9.99. The minimum atomic E-state index is -0.304. The molecule has 2 fully saturated rings. The first-order valence-electron chi connectivity index (χ1n) is 9.21.